The normalized spacial score (nSPS) is 21.5. The average molecular weight is 380 g/mol. The van der Waals surface area contributed by atoms with Gasteiger partial charge in [-0.05, 0) is 48.2 Å². The molecule has 0 amide bonds. The van der Waals surface area contributed by atoms with Crippen LogP contribution in [-0.2, 0) is 0 Å². The number of aliphatic imine (C=N–C) groups is 1. The summed E-state index contributed by atoms with van der Waals surface area (Å²) in [4.78, 5) is 4.77. The first-order valence-electron chi connectivity index (χ1n) is 8.29. The summed E-state index contributed by atoms with van der Waals surface area (Å²) in [6.07, 6.45) is 5.33. The van der Waals surface area contributed by atoms with Gasteiger partial charge in [0.2, 0.25) is 0 Å². The zero-order chi connectivity index (χ0) is 18.1. The van der Waals surface area contributed by atoms with E-state index in [4.69, 9.17) is 28.2 Å². The lowest BCUT2D eigenvalue weighted by Crippen LogP contribution is -2.43. The average Bonchev–Trinajstić information content (AvgIpc) is 2.68. The Bertz CT molecular complexity index is 979. The molecular formula is C21H15Cl2N3. The van der Waals surface area contributed by atoms with Crippen molar-refractivity contribution in [1.82, 2.24) is 5.32 Å². The maximum Gasteiger partial charge on any atom is 0.128 e. The summed E-state index contributed by atoms with van der Waals surface area (Å²) in [6, 6.07) is 17.7. The van der Waals surface area contributed by atoms with Crippen molar-refractivity contribution in [2.24, 2.45) is 10.4 Å². The predicted octanol–water partition coefficient (Wildman–Crippen LogP) is 5.68. The van der Waals surface area contributed by atoms with Gasteiger partial charge in [-0.15, -0.1) is 0 Å². The van der Waals surface area contributed by atoms with Crippen LogP contribution < -0.4 is 5.32 Å². The molecule has 0 aromatic heterocycles. The van der Waals surface area contributed by atoms with E-state index < -0.39 is 5.41 Å². The molecule has 2 aromatic carbocycles. The fraction of sp³-hybridized carbons (Fsp3) is 0.143. The maximum absolute atomic E-state index is 9.80. The van der Waals surface area contributed by atoms with Crippen molar-refractivity contribution in [3.63, 3.8) is 0 Å². The van der Waals surface area contributed by atoms with Crippen molar-refractivity contribution in [3.8, 4) is 6.07 Å². The molecule has 2 aromatic rings. The number of halogens is 2. The first-order chi connectivity index (χ1) is 12.6. The van der Waals surface area contributed by atoms with Crippen LogP contribution in [-0.4, -0.2) is 5.84 Å². The predicted molar refractivity (Wildman–Crippen MR) is 107 cm³/mol. The van der Waals surface area contributed by atoms with Gasteiger partial charge in [-0.25, -0.2) is 4.99 Å². The lowest BCUT2D eigenvalue weighted by Gasteiger charge is -2.34. The van der Waals surface area contributed by atoms with Crippen molar-refractivity contribution >= 4 is 40.4 Å². The number of nitrogens with zero attached hydrogens (tertiary/aromatic N) is 2. The van der Waals surface area contributed by atoms with E-state index in [2.05, 4.69) is 17.5 Å². The Morgan fingerprint density at radius 2 is 1.46 bits per heavy atom. The second kappa shape index (κ2) is 6.64. The Morgan fingerprint density at radius 3 is 2.08 bits per heavy atom. The van der Waals surface area contributed by atoms with E-state index in [0.29, 0.717) is 28.7 Å². The van der Waals surface area contributed by atoms with Crippen LogP contribution in [0, 0.1) is 16.7 Å². The molecule has 1 N–H and O–H groups in total. The largest absolute Gasteiger partial charge is 0.342 e. The lowest BCUT2D eigenvalue weighted by atomic mass is 9.76. The number of allylic oxidation sites excluding steroid dienone is 2. The number of nitrogens with one attached hydrogen (secondary N) is 1. The molecule has 2 heterocycles. The standard InChI is InChI=1S/C21H15Cl2N3/c22-16-5-1-14(2-6-16)18-9-11-21(13-24)12-10-19(26-20(21)25-18)15-3-7-17(23)8-4-15/h1-10H,11-12H2,(H,25,26). The van der Waals surface area contributed by atoms with Crippen LogP contribution in [0.15, 0.2) is 65.7 Å². The summed E-state index contributed by atoms with van der Waals surface area (Å²) in [5.74, 6) is 0.694. The van der Waals surface area contributed by atoms with Crippen LogP contribution in [0.5, 0.6) is 0 Å². The highest BCUT2D eigenvalue weighted by atomic mass is 35.5. The Morgan fingerprint density at radius 1 is 0.885 bits per heavy atom. The van der Waals surface area contributed by atoms with Crippen molar-refractivity contribution in [3.05, 3.63) is 81.9 Å². The highest BCUT2D eigenvalue weighted by Gasteiger charge is 2.40. The van der Waals surface area contributed by atoms with Gasteiger partial charge in [-0.3, -0.25) is 0 Å². The number of nitriles is 1. The maximum atomic E-state index is 9.80. The Labute approximate surface area is 162 Å². The molecule has 128 valence electrons. The molecular weight excluding hydrogens is 365 g/mol. The van der Waals surface area contributed by atoms with Crippen molar-refractivity contribution < 1.29 is 0 Å². The second-order valence-corrected chi connectivity index (χ2v) is 7.28. The fourth-order valence-corrected chi connectivity index (χ4v) is 3.44. The van der Waals surface area contributed by atoms with Gasteiger partial charge in [-0.1, -0.05) is 59.6 Å². The summed E-state index contributed by atoms with van der Waals surface area (Å²) in [5.41, 5.74) is 3.17. The summed E-state index contributed by atoms with van der Waals surface area (Å²) in [6.45, 7) is 0. The van der Waals surface area contributed by atoms with Crippen molar-refractivity contribution in [1.29, 1.82) is 5.26 Å². The molecule has 2 aliphatic heterocycles. The molecule has 4 rings (SSSR count). The van der Waals surface area contributed by atoms with Gasteiger partial charge in [0.15, 0.2) is 0 Å². The van der Waals surface area contributed by atoms with E-state index in [9.17, 15) is 5.26 Å². The Hall–Kier alpha value is -2.54. The third-order valence-electron chi connectivity index (χ3n) is 4.75. The molecule has 2 aliphatic rings. The molecule has 0 fully saturated rings. The molecule has 0 radical (unpaired) electrons. The van der Waals surface area contributed by atoms with Gasteiger partial charge >= 0.3 is 0 Å². The van der Waals surface area contributed by atoms with Gasteiger partial charge in [0.05, 0.1) is 11.8 Å². The molecule has 0 aliphatic carbocycles. The number of rotatable bonds is 2. The highest BCUT2D eigenvalue weighted by Crippen LogP contribution is 2.39. The summed E-state index contributed by atoms with van der Waals surface area (Å²) >= 11 is 12.0. The summed E-state index contributed by atoms with van der Waals surface area (Å²) in [7, 11) is 0. The van der Waals surface area contributed by atoms with Gasteiger partial charge in [0.1, 0.15) is 11.3 Å². The molecule has 0 bridgehead atoms. The minimum Gasteiger partial charge on any atom is -0.342 e. The zero-order valence-electron chi connectivity index (χ0n) is 13.8. The minimum atomic E-state index is -0.633. The first kappa shape index (κ1) is 16.9. The quantitative estimate of drug-likeness (QED) is 0.729. The molecule has 0 saturated carbocycles. The van der Waals surface area contributed by atoms with Crippen LogP contribution in [0.3, 0.4) is 0 Å². The van der Waals surface area contributed by atoms with Crippen LogP contribution >= 0.6 is 23.2 Å². The van der Waals surface area contributed by atoms with Crippen LogP contribution in [0.1, 0.15) is 24.0 Å². The van der Waals surface area contributed by atoms with Crippen LogP contribution in [0.4, 0.5) is 0 Å². The zero-order valence-corrected chi connectivity index (χ0v) is 15.3. The molecule has 3 nitrogen and oxygen atoms in total. The van der Waals surface area contributed by atoms with E-state index in [1.165, 1.54) is 0 Å². The molecule has 5 heteroatoms. The van der Waals surface area contributed by atoms with Crippen molar-refractivity contribution in [2.75, 3.05) is 0 Å². The third kappa shape index (κ3) is 3.03. The summed E-state index contributed by atoms with van der Waals surface area (Å²) < 4.78 is 0. The summed E-state index contributed by atoms with van der Waals surface area (Å²) in [5, 5.41) is 14.6. The minimum absolute atomic E-state index is 0.623. The van der Waals surface area contributed by atoms with Gasteiger partial charge in [0.25, 0.3) is 0 Å². The Kier molecular flexibility index (Phi) is 4.32. The van der Waals surface area contributed by atoms with E-state index in [0.717, 1.165) is 22.5 Å². The topological polar surface area (TPSA) is 48.2 Å². The van der Waals surface area contributed by atoms with Gasteiger partial charge in [0, 0.05) is 15.7 Å². The Balaban J connectivity index is 1.69. The SMILES string of the molecule is N#CC12CC=C(c3ccc(Cl)cc3)N=C1NC(c1ccc(Cl)cc1)=CC2. The molecule has 0 saturated heterocycles. The van der Waals surface area contributed by atoms with E-state index in [-0.39, 0.29) is 0 Å². The second-order valence-electron chi connectivity index (χ2n) is 6.41. The van der Waals surface area contributed by atoms with Gasteiger partial charge < -0.3 is 5.32 Å². The number of benzene rings is 2. The number of hydrogen-bond donors (Lipinski definition) is 1. The molecule has 1 atom stereocenters. The van der Waals surface area contributed by atoms with E-state index in [1.54, 1.807) is 0 Å². The monoisotopic (exact) mass is 379 g/mol. The lowest BCUT2D eigenvalue weighted by molar-refractivity contribution is 0.538. The molecule has 0 spiro atoms. The fourth-order valence-electron chi connectivity index (χ4n) is 3.19. The third-order valence-corrected chi connectivity index (χ3v) is 5.25. The van der Waals surface area contributed by atoms with Crippen molar-refractivity contribution in [2.45, 2.75) is 12.8 Å². The molecule has 26 heavy (non-hydrogen) atoms. The van der Waals surface area contributed by atoms with E-state index >= 15 is 0 Å². The van der Waals surface area contributed by atoms with Crippen LogP contribution in [0.25, 0.3) is 11.4 Å². The molecule has 1 unspecified atom stereocenters. The van der Waals surface area contributed by atoms with Gasteiger partial charge in [-0.2, -0.15) is 5.26 Å². The number of hydrogen-bond acceptors (Lipinski definition) is 3. The highest BCUT2D eigenvalue weighted by molar-refractivity contribution is 6.30. The number of amidine groups is 1. The van der Waals surface area contributed by atoms with E-state index in [1.807, 2.05) is 54.6 Å². The number of fused-ring (bicyclic) bond motifs is 1. The first-order valence-corrected chi connectivity index (χ1v) is 9.05. The van der Waals surface area contributed by atoms with Crippen LogP contribution in [0.2, 0.25) is 10.0 Å². The smallest absolute Gasteiger partial charge is 0.128 e.